The van der Waals surface area contributed by atoms with Gasteiger partial charge in [-0.3, -0.25) is 4.79 Å². The number of nitrogens with one attached hydrogen (secondary N) is 1. The zero-order chi connectivity index (χ0) is 13.1. The van der Waals surface area contributed by atoms with Gasteiger partial charge in [0.05, 0.1) is 39.6 Å². The Morgan fingerprint density at radius 3 is 2.67 bits per heavy atom. The molecule has 0 aromatic heterocycles. The van der Waals surface area contributed by atoms with Gasteiger partial charge in [-0.05, 0) is 13.0 Å². The van der Waals surface area contributed by atoms with Crippen LogP contribution in [0, 0.1) is 0 Å². The largest absolute Gasteiger partial charge is 0.382 e. The van der Waals surface area contributed by atoms with Crippen molar-refractivity contribution in [1.82, 2.24) is 10.2 Å². The average Bonchev–Trinajstić information content (AvgIpc) is 2.58. The molecule has 18 heavy (non-hydrogen) atoms. The van der Waals surface area contributed by atoms with Crippen molar-refractivity contribution in [1.29, 1.82) is 0 Å². The highest BCUT2D eigenvalue weighted by atomic mass is 16.5. The summed E-state index contributed by atoms with van der Waals surface area (Å²) in [5.74, 6) is 0.160. The Morgan fingerprint density at radius 1 is 1.17 bits per heavy atom. The third-order valence-corrected chi connectivity index (χ3v) is 2.72. The number of hydrogen-bond donors (Lipinski definition) is 1. The van der Waals surface area contributed by atoms with Gasteiger partial charge < -0.3 is 24.4 Å². The highest BCUT2D eigenvalue weighted by Crippen LogP contribution is 1.96. The van der Waals surface area contributed by atoms with E-state index in [1.165, 1.54) is 0 Å². The van der Waals surface area contributed by atoms with E-state index in [0.717, 1.165) is 19.5 Å². The minimum absolute atomic E-state index is 0.160. The molecule has 106 valence electrons. The van der Waals surface area contributed by atoms with E-state index in [2.05, 4.69) is 5.32 Å². The van der Waals surface area contributed by atoms with Crippen molar-refractivity contribution in [2.45, 2.75) is 6.42 Å². The maximum atomic E-state index is 11.6. The van der Waals surface area contributed by atoms with Crippen LogP contribution in [-0.4, -0.2) is 77.1 Å². The highest BCUT2D eigenvalue weighted by Gasteiger charge is 2.15. The third-order valence-electron chi connectivity index (χ3n) is 2.72. The van der Waals surface area contributed by atoms with E-state index < -0.39 is 0 Å². The molecule has 0 aliphatic carbocycles. The number of carbonyl (C=O) groups is 1. The summed E-state index contributed by atoms with van der Waals surface area (Å²) in [5.41, 5.74) is 0. The predicted octanol–water partition coefficient (Wildman–Crippen LogP) is -0.512. The Labute approximate surface area is 109 Å². The maximum absolute atomic E-state index is 11.6. The fourth-order valence-electron chi connectivity index (χ4n) is 1.70. The minimum atomic E-state index is 0.160. The number of rotatable bonds is 9. The Morgan fingerprint density at radius 2 is 1.89 bits per heavy atom. The van der Waals surface area contributed by atoms with Crippen LogP contribution in [0.25, 0.3) is 0 Å². The Bertz CT molecular complexity index is 226. The standard InChI is InChI=1S/C12H24N2O4/c1-16-7-8-18-10-9-17-6-5-14-4-2-3-13-11-12(14)15/h13H,2-11H2,1H3. The van der Waals surface area contributed by atoms with Crippen molar-refractivity contribution >= 4 is 5.91 Å². The van der Waals surface area contributed by atoms with Crippen molar-refractivity contribution in [3.8, 4) is 0 Å². The smallest absolute Gasteiger partial charge is 0.236 e. The molecule has 1 fully saturated rings. The summed E-state index contributed by atoms with van der Waals surface area (Å²) in [6, 6.07) is 0. The molecule has 1 heterocycles. The quantitative estimate of drug-likeness (QED) is 0.566. The molecule has 0 aromatic carbocycles. The summed E-state index contributed by atoms with van der Waals surface area (Å²) in [5, 5.41) is 3.09. The second-order valence-electron chi connectivity index (χ2n) is 4.13. The SMILES string of the molecule is COCCOCCOCCN1CCCNCC1=O. The van der Waals surface area contributed by atoms with Gasteiger partial charge >= 0.3 is 0 Å². The van der Waals surface area contributed by atoms with Gasteiger partial charge in [0, 0.05) is 20.2 Å². The maximum Gasteiger partial charge on any atom is 0.236 e. The van der Waals surface area contributed by atoms with Gasteiger partial charge in [-0.1, -0.05) is 0 Å². The van der Waals surface area contributed by atoms with Crippen LogP contribution in [0.15, 0.2) is 0 Å². The van der Waals surface area contributed by atoms with Gasteiger partial charge in [0.1, 0.15) is 0 Å². The fraction of sp³-hybridized carbons (Fsp3) is 0.917. The van der Waals surface area contributed by atoms with E-state index in [-0.39, 0.29) is 5.91 Å². The topological polar surface area (TPSA) is 60.0 Å². The van der Waals surface area contributed by atoms with Crippen LogP contribution in [0.1, 0.15) is 6.42 Å². The molecule has 1 aliphatic heterocycles. The van der Waals surface area contributed by atoms with Gasteiger partial charge in [0.15, 0.2) is 0 Å². The van der Waals surface area contributed by atoms with Gasteiger partial charge in [0.2, 0.25) is 5.91 Å². The summed E-state index contributed by atoms with van der Waals surface area (Å²) >= 11 is 0. The van der Waals surface area contributed by atoms with Gasteiger partial charge in [-0.25, -0.2) is 0 Å². The number of ether oxygens (including phenoxy) is 3. The molecule has 0 saturated carbocycles. The van der Waals surface area contributed by atoms with Crippen LogP contribution in [0.4, 0.5) is 0 Å². The molecule has 1 amide bonds. The molecule has 1 rings (SSSR count). The summed E-state index contributed by atoms with van der Waals surface area (Å²) in [6.07, 6.45) is 1.01. The first-order valence-electron chi connectivity index (χ1n) is 6.47. The lowest BCUT2D eigenvalue weighted by atomic mass is 10.4. The number of amides is 1. The minimum Gasteiger partial charge on any atom is -0.382 e. The molecule has 6 nitrogen and oxygen atoms in total. The zero-order valence-corrected chi connectivity index (χ0v) is 11.2. The average molecular weight is 260 g/mol. The molecule has 1 N–H and O–H groups in total. The number of carbonyl (C=O) groups excluding carboxylic acids is 1. The van der Waals surface area contributed by atoms with Crippen molar-refractivity contribution < 1.29 is 19.0 Å². The van der Waals surface area contributed by atoms with Crippen LogP contribution < -0.4 is 5.32 Å². The fourth-order valence-corrected chi connectivity index (χ4v) is 1.70. The molecule has 0 spiro atoms. The van der Waals surface area contributed by atoms with Crippen LogP contribution in [0.2, 0.25) is 0 Å². The zero-order valence-electron chi connectivity index (χ0n) is 11.2. The van der Waals surface area contributed by atoms with Crippen LogP contribution in [0.3, 0.4) is 0 Å². The normalized spacial score (nSPS) is 16.9. The summed E-state index contributed by atoms with van der Waals surface area (Å²) in [7, 11) is 1.65. The molecular formula is C12H24N2O4. The first-order chi connectivity index (χ1) is 8.84. The van der Waals surface area contributed by atoms with E-state index in [1.807, 2.05) is 4.90 Å². The third kappa shape index (κ3) is 6.90. The highest BCUT2D eigenvalue weighted by molar-refractivity contribution is 5.78. The molecule has 0 aromatic rings. The Hall–Kier alpha value is -0.690. The lowest BCUT2D eigenvalue weighted by Crippen LogP contribution is -2.37. The molecule has 0 radical (unpaired) electrons. The summed E-state index contributed by atoms with van der Waals surface area (Å²) in [4.78, 5) is 13.5. The van der Waals surface area contributed by atoms with E-state index in [4.69, 9.17) is 14.2 Å². The summed E-state index contributed by atoms with van der Waals surface area (Å²) < 4.78 is 15.5. The molecule has 1 aliphatic rings. The summed E-state index contributed by atoms with van der Waals surface area (Å²) in [6.45, 7) is 5.74. The second-order valence-corrected chi connectivity index (χ2v) is 4.13. The van der Waals surface area contributed by atoms with E-state index in [9.17, 15) is 4.79 Å². The number of hydrogen-bond acceptors (Lipinski definition) is 5. The van der Waals surface area contributed by atoms with E-state index in [0.29, 0.717) is 46.1 Å². The van der Waals surface area contributed by atoms with Crippen LogP contribution in [-0.2, 0) is 19.0 Å². The van der Waals surface area contributed by atoms with Gasteiger partial charge in [0.25, 0.3) is 0 Å². The molecule has 1 saturated heterocycles. The Kier molecular flexibility index (Phi) is 8.75. The molecule has 0 unspecified atom stereocenters. The molecule has 0 atom stereocenters. The van der Waals surface area contributed by atoms with Crippen molar-refractivity contribution in [2.75, 3.05) is 66.3 Å². The Balaban J connectivity index is 1.94. The lowest BCUT2D eigenvalue weighted by Gasteiger charge is -2.19. The second kappa shape index (κ2) is 10.3. The van der Waals surface area contributed by atoms with Crippen LogP contribution in [0.5, 0.6) is 0 Å². The van der Waals surface area contributed by atoms with E-state index >= 15 is 0 Å². The lowest BCUT2D eigenvalue weighted by molar-refractivity contribution is -0.130. The van der Waals surface area contributed by atoms with Gasteiger partial charge in [-0.15, -0.1) is 0 Å². The first kappa shape index (κ1) is 15.4. The van der Waals surface area contributed by atoms with E-state index in [1.54, 1.807) is 7.11 Å². The predicted molar refractivity (Wildman–Crippen MR) is 67.6 cm³/mol. The van der Waals surface area contributed by atoms with Crippen LogP contribution >= 0.6 is 0 Å². The first-order valence-corrected chi connectivity index (χ1v) is 6.47. The molecular weight excluding hydrogens is 236 g/mol. The van der Waals surface area contributed by atoms with Crippen molar-refractivity contribution in [2.24, 2.45) is 0 Å². The monoisotopic (exact) mass is 260 g/mol. The van der Waals surface area contributed by atoms with Crippen molar-refractivity contribution in [3.05, 3.63) is 0 Å². The number of nitrogens with zero attached hydrogens (tertiary/aromatic N) is 1. The van der Waals surface area contributed by atoms with Gasteiger partial charge in [-0.2, -0.15) is 0 Å². The molecule has 0 bridgehead atoms. The molecule has 6 heteroatoms. The van der Waals surface area contributed by atoms with Crippen molar-refractivity contribution in [3.63, 3.8) is 0 Å². The number of methoxy groups -OCH3 is 1.